The number of carbonyl (C=O) groups excluding carboxylic acids is 3. The number of benzene rings is 2. The topological polar surface area (TPSA) is 72.5 Å². The minimum absolute atomic E-state index is 0.293. The number of para-hydroxylation sites is 1. The third-order valence-corrected chi connectivity index (χ3v) is 3.88. The first-order valence-electron chi connectivity index (χ1n) is 8.22. The summed E-state index contributed by atoms with van der Waals surface area (Å²) in [5.74, 6) is -0.986. The van der Waals surface area contributed by atoms with Crippen molar-refractivity contribution in [2.24, 2.45) is 0 Å². The van der Waals surface area contributed by atoms with E-state index < -0.39 is 5.97 Å². The molecule has 0 aliphatic carbocycles. The highest BCUT2D eigenvalue weighted by Crippen LogP contribution is 2.22. The van der Waals surface area contributed by atoms with Gasteiger partial charge in [-0.25, -0.2) is 4.79 Å². The third-order valence-electron chi connectivity index (χ3n) is 3.88. The molecule has 130 valence electrons. The second-order valence-corrected chi connectivity index (χ2v) is 5.52. The Balaban J connectivity index is 1.98. The molecular weight excluding hydrogens is 318 g/mol. The zero-order valence-electron chi connectivity index (χ0n) is 14.4. The van der Waals surface area contributed by atoms with Crippen LogP contribution >= 0.6 is 0 Å². The molecule has 2 aromatic carbocycles. The first-order valence-corrected chi connectivity index (χ1v) is 8.22. The van der Waals surface area contributed by atoms with Gasteiger partial charge in [0.1, 0.15) is 6.29 Å². The predicted octanol–water partition coefficient (Wildman–Crippen LogP) is 3.42. The number of amides is 1. The molecule has 1 amide bonds. The Bertz CT molecular complexity index is 744. The summed E-state index contributed by atoms with van der Waals surface area (Å²) < 4.78 is 5.04. The summed E-state index contributed by atoms with van der Waals surface area (Å²) in [4.78, 5) is 34.7. The van der Waals surface area contributed by atoms with Crippen molar-refractivity contribution in [2.75, 3.05) is 11.9 Å². The maximum absolute atomic E-state index is 12.2. The van der Waals surface area contributed by atoms with E-state index in [0.29, 0.717) is 17.4 Å². The van der Waals surface area contributed by atoms with E-state index in [2.05, 4.69) is 5.32 Å². The van der Waals surface area contributed by atoms with Gasteiger partial charge in [0.15, 0.2) is 6.61 Å². The molecule has 0 saturated heterocycles. The van der Waals surface area contributed by atoms with E-state index in [9.17, 15) is 14.4 Å². The number of rotatable bonds is 7. The van der Waals surface area contributed by atoms with Gasteiger partial charge < -0.3 is 10.1 Å². The van der Waals surface area contributed by atoms with Crippen LogP contribution in [0.15, 0.2) is 42.5 Å². The average Bonchev–Trinajstić information content (AvgIpc) is 2.66. The van der Waals surface area contributed by atoms with Crippen LogP contribution in [0.5, 0.6) is 0 Å². The van der Waals surface area contributed by atoms with E-state index in [1.54, 1.807) is 0 Å². The lowest BCUT2D eigenvalue weighted by atomic mass is 10.0. The molecule has 0 aliphatic rings. The Morgan fingerprint density at radius 1 is 1.00 bits per heavy atom. The van der Waals surface area contributed by atoms with Crippen molar-refractivity contribution in [1.82, 2.24) is 0 Å². The van der Waals surface area contributed by atoms with Gasteiger partial charge in [-0.1, -0.05) is 44.2 Å². The van der Waals surface area contributed by atoms with Crippen molar-refractivity contribution < 1.29 is 19.1 Å². The number of carbonyl (C=O) groups is 3. The van der Waals surface area contributed by atoms with Gasteiger partial charge in [0, 0.05) is 11.3 Å². The minimum Gasteiger partial charge on any atom is -0.452 e. The van der Waals surface area contributed by atoms with Crippen LogP contribution in [0.3, 0.4) is 0 Å². The Morgan fingerprint density at radius 2 is 1.60 bits per heavy atom. The molecule has 0 spiro atoms. The zero-order valence-corrected chi connectivity index (χ0v) is 14.4. The van der Waals surface area contributed by atoms with Crippen molar-refractivity contribution in [3.05, 3.63) is 64.7 Å². The summed E-state index contributed by atoms with van der Waals surface area (Å²) in [5.41, 5.74) is 3.65. The van der Waals surface area contributed by atoms with Crippen LogP contribution < -0.4 is 5.32 Å². The number of hydrogen-bond donors (Lipinski definition) is 1. The maximum Gasteiger partial charge on any atom is 0.338 e. The second-order valence-electron chi connectivity index (χ2n) is 5.52. The summed E-state index contributed by atoms with van der Waals surface area (Å²) in [6, 6.07) is 11.9. The fraction of sp³-hybridized carbons (Fsp3) is 0.250. The number of anilines is 1. The number of nitrogens with one attached hydrogen (secondary N) is 1. The molecule has 0 radical (unpaired) electrons. The molecule has 2 rings (SSSR count). The van der Waals surface area contributed by atoms with Crippen molar-refractivity contribution in [3.63, 3.8) is 0 Å². The fourth-order valence-corrected chi connectivity index (χ4v) is 2.49. The molecule has 0 bridgehead atoms. The Hall–Kier alpha value is -2.95. The van der Waals surface area contributed by atoms with Gasteiger partial charge in [0.25, 0.3) is 5.91 Å². The minimum atomic E-state index is -0.605. The van der Waals surface area contributed by atoms with Gasteiger partial charge in [-0.2, -0.15) is 0 Å². The molecule has 0 aromatic heterocycles. The van der Waals surface area contributed by atoms with Crippen LogP contribution in [0.4, 0.5) is 5.69 Å². The highest BCUT2D eigenvalue weighted by atomic mass is 16.5. The SMILES string of the molecule is CCc1cccc(CC)c1NC(=O)COC(=O)c1ccc(C=O)cc1. The summed E-state index contributed by atoms with van der Waals surface area (Å²) >= 11 is 0. The van der Waals surface area contributed by atoms with Gasteiger partial charge >= 0.3 is 5.97 Å². The third kappa shape index (κ3) is 4.76. The van der Waals surface area contributed by atoms with Crippen LogP contribution in [0.1, 0.15) is 45.7 Å². The molecule has 0 atom stereocenters. The fourth-order valence-electron chi connectivity index (χ4n) is 2.49. The van der Waals surface area contributed by atoms with Gasteiger partial charge in [-0.3, -0.25) is 9.59 Å². The number of hydrogen-bond acceptors (Lipinski definition) is 4. The molecule has 2 aromatic rings. The monoisotopic (exact) mass is 339 g/mol. The Labute approximate surface area is 147 Å². The van der Waals surface area contributed by atoms with E-state index in [1.165, 1.54) is 24.3 Å². The van der Waals surface area contributed by atoms with Crippen molar-refractivity contribution in [2.45, 2.75) is 26.7 Å². The van der Waals surface area contributed by atoms with Crippen LogP contribution in [0.25, 0.3) is 0 Å². The van der Waals surface area contributed by atoms with E-state index in [4.69, 9.17) is 4.74 Å². The summed E-state index contributed by atoms with van der Waals surface area (Å²) in [7, 11) is 0. The van der Waals surface area contributed by atoms with Crippen LogP contribution in [0.2, 0.25) is 0 Å². The molecule has 0 aliphatic heterocycles. The van der Waals surface area contributed by atoms with Crippen molar-refractivity contribution >= 4 is 23.9 Å². The molecular formula is C20H21NO4. The highest BCUT2D eigenvalue weighted by molar-refractivity contribution is 5.96. The van der Waals surface area contributed by atoms with Crippen molar-refractivity contribution in [1.29, 1.82) is 0 Å². The molecule has 0 unspecified atom stereocenters. The largest absolute Gasteiger partial charge is 0.452 e. The molecule has 0 saturated carbocycles. The Kier molecular flexibility index (Phi) is 6.46. The summed E-state index contributed by atoms with van der Waals surface area (Å²) in [6.07, 6.45) is 2.29. The summed E-state index contributed by atoms with van der Waals surface area (Å²) in [6.45, 7) is 3.68. The molecule has 25 heavy (non-hydrogen) atoms. The van der Waals surface area contributed by atoms with Gasteiger partial charge in [-0.05, 0) is 36.1 Å². The predicted molar refractivity (Wildman–Crippen MR) is 95.9 cm³/mol. The average molecular weight is 339 g/mol. The van der Waals surface area contributed by atoms with Gasteiger partial charge in [0.05, 0.1) is 5.56 Å². The first-order chi connectivity index (χ1) is 12.1. The molecule has 5 heteroatoms. The quantitative estimate of drug-likeness (QED) is 0.620. The van der Waals surface area contributed by atoms with E-state index >= 15 is 0 Å². The normalized spacial score (nSPS) is 10.2. The second kappa shape index (κ2) is 8.78. The molecule has 0 heterocycles. The number of esters is 1. The standard InChI is InChI=1S/C20H21NO4/c1-3-15-6-5-7-16(4-2)19(15)21-18(23)13-25-20(24)17-10-8-14(12-22)9-11-17/h5-12H,3-4,13H2,1-2H3,(H,21,23). The van der Waals surface area contributed by atoms with E-state index in [0.717, 1.165) is 29.7 Å². The van der Waals surface area contributed by atoms with Crippen LogP contribution in [-0.4, -0.2) is 24.8 Å². The maximum atomic E-state index is 12.2. The van der Waals surface area contributed by atoms with Crippen LogP contribution in [-0.2, 0) is 22.4 Å². The van der Waals surface area contributed by atoms with E-state index in [-0.39, 0.29) is 12.5 Å². The molecule has 1 N–H and O–H groups in total. The lowest BCUT2D eigenvalue weighted by molar-refractivity contribution is -0.119. The lowest BCUT2D eigenvalue weighted by Gasteiger charge is -2.14. The van der Waals surface area contributed by atoms with Crippen molar-refractivity contribution in [3.8, 4) is 0 Å². The van der Waals surface area contributed by atoms with Crippen LogP contribution in [0, 0.1) is 0 Å². The lowest BCUT2D eigenvalue weighted by Crippen LogP contribution is -2.22. The van der Waals surface area contributed by atoms with Gasteiger partial charge in [-0.15, -0.1) is 0 Å². The molecule has 5 nitrogen and oxygen atoms in total. The molecule has 0 fully saturated rings. The summed E-state index contributed by atoms with van der Waals surface area (Å²) in [5, 5.41) is 2.84. The smallest absolute Gasteiger partial charge is 0.338 e. The number of aryl methyl sites for hydroxylation is 2. The van der Waals surface area contributed by atoms with Gasteiger partial charge in [0.2, 0.25) is 0 Å². The zero-order chi connectivity index (χ0) is 18.2. The van der Waals surface area contributed by atoms with E-state index in [1.807, 2.05) is 32.0 Å². The first kappa shape index (κ1) is 18.4. The Morgan fingerprint density at radius 3 is 2.12 bits per heavy atom. The number of aldehydes is 1. The highest BCUT2D eigenvalue weighted by Gasteiger charge is 2.13. The number of ether oxygens (including phenoxy) is 1.